The number of hydrogen-bond acceptors (Lipinski definition) is 4. The molecule has 0 fully saturated rings. The summed E-state index contributed by atoms with van der Waals surface area (Å²) >= 11 is 0. The van der Waals surface area contributed by atoms with Gasteiger partial charge in [-0.25, -0.2) is 4.68 Å². The molecule has 0 spiro atoms. The van der Waals surface area contributed by atoms with Gasteiger partial charge in [-0.05, 0) is 26.8 Å². The SMILES string of the molecule is CC(C)CN(C)CCc1cn(CCOC(C)C)nn1. The number of aromatic nitrogens is 3. The van der Waals surface area contributed by atoms with Crippen LogP contribution in [0.1, 0.15) is 33.4 Å². The highest BCUT2D eigenvalue weighted by Crippen LogP contribution is 2.00. The van der Waals surface area contributed by atoms with Crippen LogP contribution in [0.2, 0.25) is 0 Å². The molecule has 5 heteroatoms. The smallest absolute Gasteiger partial charge is 0.0839 e. The van der Waals surface area contributed by atoms with E-state index in [0.717, 1.165) is 31.7 Å². The van der Waals surface area contributed by atoms with Gasteiger partial charge in [0.1, 0.15) is 0 Å². The summed E-state index contributed by atoms with van der Waals surface area (Å²) < 4.78 is 7.36. The van der Waals surface area contributed by atoms with Gasteiger partial charge in [0.15, 0.2) is 0 Å². The second kappa shape index (κ2) is 8.27. The van der Waals surface area contributed by atoms with Crippen molar-refractivity contribution < 1.29 is 4.74 Å². The van der Waals surface area contributed by atoms with E-state index in [0.29, 0.717) is 12.5 Å². The quantitative estimate of drug-likeness (QED) is 0.685. The normalized spacial score (nSPS) is 12.0. The first kappa shape index (κ1) is 16.1. The predicted octanol–water partition coefficient (Wildman–Crippen LogP) is 1.83. The van der Waals surface area contributed by atoms with Crippen molar-refractivity contribution in [1.82, 2.24) is 19.9 Å². The van der Waals surface area contributed by atoms with E-state index < -0.39 is 0 Å². The molecule has 19 heavy (non-hydrogen) atoms. The molecule has 0 saturated carbocycles. The molecule has 0 bridgehead atoms. The minimum atomic E-state index is 0.271. The fraction of sp³-hybridized carbons (Fsp3) is 0.857. The number of hydrogen-bond donors (Lipinski definition) is 0. The largest absolute Gasteiger partial charge is 0.377 e. The second-order valence-electron chi connectivity index (χ2n) is 5.80. The van der Waals surface area contributed by atoms with Crippen molar-refractivity contribution >= 4 is 0 Å². The van der Waals surface area contributed by atoms with Crippen LogP contribution in [-0.4, -0.2) is 52.7 Å². The van der Waals surface area contributed by atoms with Crippen LogP contribution in [-0.2, 0) is 17.7 Å². The maximum atomic E-state index is 5.50. The molecular formula is C14H28N4O. The van der Waals surface area contributed by atoms with Crippen LogP contribution in [0, 0.1) is 5.92 Å². The van der Waals surface area contributed by atoms with Crippen molar-refractivity contribution in [3.63, 3.8) is 0 Å². The Bertz CT molecular complexity index is 349. The van der Waals surface area contributed by atoms with Crippen LogP contribution in [0.15, 0.2) is 6.20 Å². The van der Waals surface area contributed by atoms with Crippen molar-refractivity contribution in [2.45, 2.75) is 46.8 Å². The number of rotatable bonds is 9. The van der Waals surface area contributed by atoms with Crippen molar-refractivity contribution in [3.05, 3.63) is 11.9 Å². The maximum absolute atomic E-state index is 5.50. The van der Waals surface area contributed by atoms with E-state index in [4.69, 9.17) is 4.74 Å². The molecule has 0 N–H and O–H groups in total. The summed E-state index contributed by atoms with van der Waals surface area (Å²) in [6, 6.07) is 0. The van der Waals surface area contributed by atoms with Crippen LogP contribution in [0.25, 0.3) is 0 Å². The van der Waals surface area contributed by atoms with Gasteiger partial charge in [-0.15, -0.1) is 5.10 Å². The Morgan fingerprint density at radius 2 is 2.05 bits per heavy atom. The molecule has 0 aromatic carbocycles. The van der Waals surface area contributed by atoms with Gasteiger partial charge in [-0.1, -0.05) is 19.1 Å². The molecule has 1 heterocycles. The third kappa shape index (κ3) is 7.28. The summed E-state index contributed by atoms with van der Waals surface area (Å²) in [6.07, 6.45) is 3.24. The molecule has 5 nitrogen and oxygen atoms in total. The maximum Gasteiger partial charge on any atom is 0.0839 e. The van der Waals surface area contributed by atoms with Crippen LogP contribution in [0.3, 0.4) is 0 Å². The molecular weight excluding hydrogens is 240 g/mol. The zero-order valence-corrected chi connectivity index (χ0v) is 13.0. The molecule has 0 atom stereocenters. The number of nitrogens with zero attached hydrogens (tertiary/aromatic N) is 4. The Hall–Kier alpha value is -0.940. The molecule has 0 aliphatic carbocycles. The minimum Gasteiger partial charge on any atom is -0.377 e. The Morgan fingerprint density at radius 1 is 1.32 bits per heavy atom. The Morgan fingerprint density at radius 3 is 2.68 bits per heavy atom. The highest BCUT2D eigenvalue weighted by Gasteiger charge is 2.05. The van der Waals surface area contributed by atoms with Crippen molar-refractivity contribution in [2.24, 2.45) is 5.92 Å². The lowest BCUT2D eigenvalue weighted by molar-refractivity contribution is 0.0707. The summed E-state index contributed by atoms with van der Waals surface area (Å²) in [6.45, 7) is 12.2. The van der Waals surface area contributed by atoms with Gasteiger partial charge in [0.05, 0.1) is 24.9 Å². The van der Waals surface area contributed by atoms with Crippen molar-refractivity contribution in [1.29, 1.82) is 0 Å². The molecule has 0 saturated heterocycles. The minimum absolute atomic E-state index is 0.271. The lowest BCUT2D eigenvalue weighted by Gasteiger charge is -2.17. The molecule has 1 rings (SSSR count). The predicted molar refractivity (Wildman–Crippen MR) is 77.1 cm³/mol. The van der Waals surface area contributed by atoms with Crippen LogP contribution >= 0.6 is 0 Å². The van der Waals surface area contributed by atoms with Crippen molar-refractivity contribution in [3.8, 4) is 0 Å². The van der Waals surface area contributed by atoms with Gasteiger partial charge in [-0.2, -0.15) is 0 Å². The molecule has 1 aromatic rings. The van der Waals surface area contributed by atoms with E-state index in [1.165, 1.54) is 0 Å². The number of likely N-dealkylation sites (N-methyl/N-ethyl adjacent to an activating group) is 1. The lowest BCUT2D eigenvalue weighted by Crippen LogP contribution is -2.25. The summed E-state index contributed by atoms with van der Waals surface area (Å²) in [5, 5.41) is 8.32. The Balaban J connectivity index is 2.26. The molecule has 0 unspecified atom stereocenters. The fourth-order valence-electron chi connectivity index (χ4n) is 1.96. The van der Waals surface area contributed by atoms with Crippen LogP contribution < -0.4 is 0 Å². The average Bonchev–Trinajstić information content (AvgIpc) is 2.73. The standard InChI is InChI=1S/C14H28N4O/c1-12(2)10-17(5)7-6-14-11-18(16-15-14)8-9-19-13(3)4/h11-13H,6-10H2,1-5H3. The average molecular weight is 268 g/mol. The highest BCUT2D eigenvalue weighted by molar-refractivity contribution is 4.93. The Kier molecular flexibility index (Phi) is 7.02. The third-order valence-corrected chi connectivity index (χ3v) is 2.78. The van der Waals surface area contributed by atoms with Gasteiger partial charge < -0.3 is 9.64 Å². The summed E-state index contributed by atoms with van der Waals surface area (Å²) in [7, 11) is 2.15. The monoisotopic (exact) mass is 268 g/mol. The van der Waals surface area contributed by atoms with E-state index >= 15 is 0 Å². The van der Waals surface area contributed by atoms with E-state index in [1.54, 1.807) is 0 Å². The molecule has 0 aliphatic rings. The van der Waals surface area contributed by atoms with Gasteiger partial charge in [0, 0.05) is 25.7 Å². The van der Waals surface area contributed by atoms with E-state index in [2.05, 4.69) is 36.1 Å². The molecule has 1 aromatic heterocycles. The second-order valence-corrected chi connectivity index (χ2v) is 5.80. The summed E-state index contributed by atoms with van der Waals surface area (Å²) in [5.74, 6) is 0.703. The molecule has 0 radical (unpaired) electrons. The van der Waals surface area contributed by atoms with Crippen molar-refractivity contribution in [2.75, 3.05) is 26.7 Å². The zero-order valence-electron chi connectivity index (χ0n) is 13.0. The summed E-state index contributed by atoms with van der Waals surface area (Å²) in [4.78, 5) is 2.34. The zero-order chi connectivity index (χ0) is 14.3. The first-order chi connectivity index (χ1) is 8.97. The molecule has 0 aliphatic heterocycles. The highest BCUT2D eigenvalue weighted by atomic mass is 16.5. The van der Waals surface area contributed by atoms with Gasteiger partial charge in [-0.3, -0.25) is 0 Å². The summed E-state index contributed by atoms with van der Waals surface area (Å²) in [5.41, 5.74) is 1.06. The van der Waals surface area contributed by atoms with Gasteiger partial charge in [0.25, 0.3) is 0 Å². The topological polar surface area (TPSA) is 43.2 Å². The van der Waals surface area contributed by atoms with E-state index in [9.17, 15) is 0 Å². The van der Waals surface area contributed by atoms with Gasteiger partial charge >= 0.3 is 0 Å². The van der Waals surface area contributed by atoms with E-state index in [-0.39, 0.29) is 6.10 Å². The fourth-order valence-corrected chi connectivity index (χ4v) is 1.96. The van der Waals surface area contributed by atoms with Gasteiger partial charge in [0.2, 0.25) is 0 Å². The number of ether oxygens (including phenoxy) is 1. The molecule has 0 amide bonds. The van der Waals surface area contributed by atoms with Crippen LogP contribution in [0.5, 0.6) is 0 Å². The van der Waals surface area contributed by atoms with Crippen LogP contribution in [0.4, 0.5) is 0 Å². The third-order valence-electron chi connectivity index (χ3n) is 2.78. The molecule has 110 valence electrons. The Labute approximate surface area is 116 Å². The first-order valence-electron chi connectivity index (χ1n) is 7.16. The lowest BCUT2D eigenvalue weighted by atomic mass is 10.2. The first-order valence-corrected chi connectivity index (χ1v) is 7.16. The van der Waals surface area contributed by atoms with E-state index in [1.807, 2.05) is 24.7 Å².